The van der Waals surface area contributed by atoms with Gasteiger partial charge in [0.05, 0.1) is 11.9 Å². The highest BCUT2D eigenvalue weighted by Gasteiger charge is 2.25. The summed E-state index contributed by atoms with van der Waals surface area (Å²) in [4.78, 5) is 13.9. The maximum atomic E-state index is 4.61. The smallest absolute Gasteiger partial charge is 0.147 e. The first-order chi connectivity index (χ1) is 11.3. The van der Waals surface area contributed by atoms with E-state index < -0.39 is 0 Å². The normalized spacial score (nSPS) is 18.3. The summed E-state index contributed by atoms with van der Waals surface area (Å²) in [6, 6.07) is 8.87. The van der Waals surface area contributed by atoms with Gasteiger partial charge in [-0.2, -0.15) is 0 Å². The first kappa shape index (κ1) is 14.5. The van der Waals surface area contributed by atoms with E-state index in [1.165, 1.54) is 43.6 Å². The van der Waals surface area contributed by atoms with E-state index in [4.69, 9.17) is 0 Å². The molecule has 0 saturated carbocycles. The van der Waals surface area contributed by atoms with E-state index in [-0.39, 0.29) is 0 Å². The molecule has 4 rings (SSSR count). The lowest BCUT2D eigenvalue weighted by Gasteiger charge is -2.35. The van der Waals surface area contributed by atoms with Gasteiger partial charge in [-0.25, -0.2) is 4.98 Å². The molecule has 1 saturated heterocycles. The van der Waals surface area contributed by atoms with Crippen LogP contribution in [0.4, 0.5) is 11.5 Å². The highest BCUT2D eigenvalue weighted by Crippen LogP contribution is 2.30. The lowest BCUT2D eigenvalue weighted by molar-refractivity contribution is 0.404. The zero-order valence-electron chi connectivity index (χ0n) is 13.8. The van der Waals surface area contributed by atoms with Gasteiger partial charge in [0, 0.05) is 38.1 Å². The second kappa shape index (κ2) is 6.19. The number of piperidine rings is 1. The fourth-order valence-electron chi connectivity index (χ4n) is 3.86. The molecule has 3 heterocycles. The molecule has 0 amide bonds. The second-order valence-corrected chi connectivity index (χ2v) is 6.77. The fourth-order valence-corrected chi connectivity index (χ4v) is 3.86. The Morgan fingerprint density at radius 3 is 2.74 bits per heavy atom. The molecule has 0 N–H and O–H groups in total. The minimum Gasteiger partial charge on any atom is -0.371 e. The molecule has 0 spiro atoms. The second-order valence-electron chi connectivity index (χ2n) is 6.77. The van der Waals surface area contributed by atoms with Gasteiger partial charge >= 0.3 is 0 Å². The van der Waals surface area contributed by atoms with Gasteiger partial charge in [0.2, 0.25) is 0 Å². The van der Waals surface area contributed by atoms with E-state index >= 15 is 0 Å². The van der Waals surface area contributed by atoms with Gasteiger partial charge in [-0.05, 0) is 43.7 Å². The SMILES string of the molecule is Cc1cncc(N2CCC(CN3CCc4ccccc43)CC2)n1. The van der Waals surface area contributed by atoms with E-state index in [9.17, 15) is 0 Å². The lowest BCUT2D eigenvalue weighted by atomic mass is 9.96. The van der Waals surface area contributed by atoms with Crippen molar-refractivity contribution in [2.75, 3.05) is 36.0 Å². The number of rotatable bonds is 3. The molecule has 4 heteroatoms. The topological polar surface area (TPSA) is 32.3 Å². The van der Waals surface area contributed by atoms with Crippen molar-refractivity contribution >= 4 is 11.5 Å². The van der Waals surface area contributed by atoms with Crippen LogP contribution in [0.15, 0.2) is 36.7 Å². The number of fused-ring (bicyclic) bond motifs is 1. The molecule has 0 atom stereocenters. The van der Waals surface area contributed by atoms with E-state index in [2.05, 4.69) is 44.0 Å². The number of nitrogens with zero attached hydrogens (tertiary/aromatic N) is 4. The first-order valence-electron chi connectivity index (χ1n) is 8.66. The number of anilines is 2. The molecular weight excluding hydrogens is 284 g/mol. The average Bonchev–Trinajstić information content (AvgIpc) is 2.99. The quantitative estimate of drug-likeness (QED) is 0.872. The minimum atomic E-state index is 0.787. The van der Waals surface area contributed by atoms with Crippen LogP contribution in [0.25, 0.3) is 0 Å². The Bertz CT molecular complexity index is 677. The van der Waals surface area contributed by atoms with E-state index in [0.717, 1.165) is 30.5 Å². The molecule has 0 radical (unpaired) electrons. The molecule has 0 bridgehead atoms. The van der Waals surface area contributed by atoms with Crippen LogP contribution in [0.2, 0.25) is 0 Å². The predicted molar refractivity (Wildman–Crippen MR) is 94.1 cm³/mol. The minimum absolute atomic E-state index is 0.787. The molecule has 4 nitrogen and oxygen atoms in total. The van der Waals surface area contributed by atoms with Crippen LogP contribution in [-0.2, 0) is 6.42 Å². The van der Waals surface area contributed by atoms with Gasteiger partial charge in [-0.15, -0.1) is 0 Å². The average molecular weight is 308 g/mol. The largest absolute Gasteiger partial charge is 0.371 e. The monoisotopic (exact) mass is 308 g/mol. The van der Waals surface area contributed by atoms with Crippen LogP contribution in [0, 0.1) is 12.8 Å². The third-order valence-electron chi connectivity index (χ3n) is 5.14. The summed E-state index contributed by atoms with van der Waals surface area (Å²) >= 11 is 0. The van der Waals surface area contributed by atoms with Gasteiger partial charge in [0.1, 0.15) is 5.82 Å². The molecule has 1 fully saturated rings. The Kier molecular flexibility index (Phi) is 3.90. The van der Waals surface area contributed by atoms with Gasteiger partial charge in [-0.1, -0.05) is 18.2 Å². The third kappa shape index (κ3) is 3.03. The molecule has 1 aromatic carbocycles. The molecular formula is C19H24N4. The van der Waals surface area contributed by atoms with Gasteiger partial charge in [0.25, 0.3) is 0 Å². The van der Waals surface area contributed by atoms with Crippen molar-refractivity contribution in [1.29, 1.82) is 0 Å². The molecule has 0 aliphatic carbocycles. The fraction of sp³-hybridized carbons (Fsp3) is 0.474. The van der Waals surface area contributed by atoms with Crippen molar-refractivity contribution in [3.63, 3.8) is 0 Å². The highest BCUT2D eigenvalue weighted by atomic mass is 15.2. The summed E-state index contributed by atoms with van der Waals surface area (Å²) in [6.45, 7) is 6.58. The van der Waals surface area contributed by atoms with E-state index in [0.29, 0.717) is 0 Å². The Labute approximate surface area is 138 Å². The van der Waals surface area contributed by atoms with Crippen molar-refractivity contribution in [2.45, 2.75) is 26.2 Å². The lowest BCUT2D eigenvalue weighted by Crippen LogP contribution is -2.39. The number of para-hydroxylation sites is 1. The van der Waals surface area contributed by atoms with Crippen LogP contribution in [0.5, 0.6) is 0 Å². The number of hydrogen-bond donors (Lipinski definition) is 0. The molecule has 2 aliphatic heterocycles. The van der Waals surface area contributed by atoms with Gasteiger partial charge in [-0.3, -0.25) is 4.98 Å². The predicted octanol–water partition coefficient (Wildman–Crippen LogP) is 3.06. The zero-order valence-corrected chi connectivity index (χ0v) is 13.8. The van der Waals surface area contributed by atoms with E-state index in [1.54, 1.807) is 0 Å². The van der Waals surface area contributed by atoms with Gasteiger partial charge in [0.15, 0.2) is 0 Å². The maximum absolute atomic E-state index is 4.61. The van der Waals surface area contributed by atoms with Crippen LogP contribution in [0.1, 0.15) is 24.1 Å². The Hall–Kier alpha value is -2.10. The molecule has 120 valence electrons. The Balaban J connectivity index is 1.36. The number of hydrogen-bond acceptors (Lipinski definition) is 4. The molecule has 0 unspecified atom stereocenters. The van der Waals surface area contributed by atoms with Crippen molar-refractivity contribution in [3.8, 4) is 0 Å². The number of benzene rings is 1. The standard InChI is InChI=1S/C19H24N4/c1-15-12-20-13-19(21-15)22-9-6-16(7-10-22)14-23-11-8-17-4-2-3-5-18(17)23/h2-5,12-13,16H,6-11,14H2,1H3. The summed E-state index contributed by atoms with van der Waals surface area (Å²) in [6.07, 6.45) is 7.40. The van der Waals surface area contributed by atoms with Crippen molar-refractivity contribution in [2.24, 2.45) is 5.92 Å². The molecule has 2 aliphatic rings. The van der Waals surface area contributed by atoms with Crippen molar-refractivity contribution in [3.05, 3.63) is 47.9 Å². The van der Waals surface area contributed by atoms with Crippen molar-refractivity contribution in [1.82, 2.24) is 9.97 Å². The summed E-state index contributed by atoms with van der Waals surface area (Å²) in [5.41, 5.74) is 3.97. The number of aryl methyl sites for hydroxylation is 1. The Morgan fingerprint density at radius 2 is 1.91 bits per heavy atom. The summed E-state index contributed by atoms with van der Waals surface area (Å²) in [5, 5.41) is 0. The summed E-state index contributed by atoms with van der Waals surface area (Å²) in [5.74, 6) is 1.82. The van der Waals surface area contributed by atoms with Crippen LogP contribution >= 0.6 is 0 Å². The molecule has 23 heavy (non-hydrogen) atoms. The highest BCUT2D eigenvalue weighted by molar-refractivity contribution is 5.57. The summed E-state index contributed by atoms with van der Waals surface area (Å²) in [7, 11) is 0. The van der Waals surface area contributed by atoms with Crippen LogP contribution < -0.4 is 9.80 Å². The van der Waals surface area contributed by atoms with Crippen molar-refractivity contribution < 1.29 is 0 Å². The Morgan fingerprint density at radius 1 is 1.09 bits per heavy atom. The van der Waals surface area contributed by atoms with Gasteiger partial charge < -0.3 is 9.80 Å². The first-order valence-corrected chi connectivity index (χ1v) is 8.66. The van der Waals surface area contributed by atoms with Crippen LogP contribution in [0.3, 0.4) is 0 Å². The third-order valence-corrected chi connectivity index (χ3v) is 5.14. The maximum Gasteiger partial charge on any atom is 0.147 e. The molecule has 2 aromatic rings. The molecule has 1 aromatic heterocycles. The van der Waals surface area contributed by atoms with E-state index in [1.807, 2.05) is 19.3 Å². The summed E-state index contributed by atoms with van der Waals surface area (Å²) < 4.78 is 0. The van der Waals surface area contributed by atoms with Crippen LogP contribution in [-0.4, -0.2) is 36.1 Å². The number of aromatic nitrogens is 2. The zero-order chi connectivity index (χ0) is 15.6.